The smallest absolute Gasteiger partial charge is 0.259 e. The zero-order valence-electron chi connectivity index (χ0n) is 17.6. The molecule has 0 radical (unpaired) electrons. The largest absolute Gasteiger partial charge is 0.375 e. The Balaban J connectivity index is 3.31. The molecule has 0 saturated heterocycles. The summed E-state index contributed by atoms with van der Waals surface area (Å²) in [6, 6.07) is 6.95. The number of amides is 2. The Kier molecular flexibility index (Phi) is 9.50. The second-order valence-electron chi connectivity index (χ2n) is 6.85. The number of unbranched alkanes of at least 4 members (excludes halogenated alkanes) is 2. The van der Waals surface area contributed by atoms with E-state index in [0.29, 0.717) is 43.7 Å². The molecule has 2 amide bonds. The van der Waals surface area contributed by atoms with Gasteiger partial charge >= 0.3 is 0 Å². The summed E-state index contributed by atoms with van der Waals surface area (Å²) in [7, 11) is 0. The van der Waals surface area contributed by atoms with Crippen LogP contribution in [0.15, 0.2) is 24.3 Å². The molecule has 0 fully saturated rings. The van der Waals surface area contributed by atoms with E-state index in [1.165, 1.54) is 0 Å². The van der Waals surface area contributed by atoms with Gasteiger partial charge in [-0.3, -0.25) is 9.59 Å². The fraction of sp³-hybridized carbons (Fsp3) is 0.636. The van der Waals surface area contributed by atoms with Crippen molar-refractivity contribution in [2.45, 2.75) is 65.9 Å². The summed E-state index contributed by atoms with van der Waals surface area (Å²) in [4.78, 5) is 29.2. The molecule has 1 aromatic carbocycles. The average molecular weight is 377 g/mol. The van der Waals surface area contributed by atoms with Gasteiger partial charge in [-0.1, -0.05) is 31.9 Å². The van der Waals surface area contributed by atoms with Gasteiger partial charge in [0.15, 0.2) is 5.60 Å². The Morgan fingerprint density at radius 1 is 0.926 bits per heavy atom. The third kappa shape index (κ3) is 5.55. The molecular formula is C22H36N2O3. The quantitative estimate of drug-likeness (QED) is 0.598. The van der Waals surface area contributed by atoms with Crippen LogP contribution in [0, 0.1) is 0 Å². The van der Waals surface area contributed by atoms with Crippen molar-refractivity contribution >= 4 is 11.8 Å². The summed E-state index contributed by atoms with van der Waals surface area (Å²) >= 11 is 0. The van der Waals surface area contributed by atoms with Crippen molar-refractivity contribution in [2.24, 2.45) is 0 Å². The van der Waals surface area contributed by atoms with E-state index in [1.807, 2.05) is 27.7 Å². The molecule has 0 aliphatic rings. The van der Waals surface area contributed by atoms with Gasteiger partial charge in [0.25, 0.3) is 11.8 Å². The van der Waals surface area contributed by atoms with Gasteiger partial charge < -0.3 is 14.9 Å². The molecule has 1 aromatic rings. The van der Waals surface area contributed by atoms with E-state index < -0.39 is 5.60 Å². The predicted octanol–water partition coefficient (Wildman–Crippen LogP) is 3.80. The van der Waals surface area contributed by atoms with Crippen LogP contribution in [0.25, 0.3) is 0 Å². The number of benzene rings is 1. The number of carbonyl (C=O) groups excluding carboxylic acids is 2. The Labute approximate surface area is 164 Å². The van der Waals surface area contributed by atoms with Crippen molar-refractivity contribution in [3.63, 3.8) is 0 Å². The molecule has 1 rings (SSSR count). The van der Waals surface area contributed by atoms with Crippen LogP contribution in [0.5, 0.6) is 0 Å². The van der Waals surface area contributed by atoms with Crippen LogP contribution in [0.3, 0.4) is 0 Å². The molecule has 0 aliphatic heterocycles. The Morgan fingerprint density at radius 2 is 1.52 bits per heavy atom. The van der Waals surface area contributed by atoms with Crippen LogP contribution in [0.1, 0.15) is 76.2 Å². The summed E-state index contributed by atoms with van der Waals surface area (Å²) < 4.78 is 0. The molecule has 27 heavy (non-hydrogen) atoms. The summed E-state index contributed by atoms with van der Waals surface area (Å²) in [6.07, 6.45) is 3.08. The highest BCUT2D eigenvalue weighted by molar-refractivity contribution is 5.95. The summed E-state index contributed by atoms with van der Waals surface area (Å²) in [5, 5.41) is 11.5. The molecule has 0 bridgehead atoms. The number of aliphatic hydroxyl groups is 1. The summed E-state index contributed by atoms with van der Waals surface area (Å²) in [5.74, 6) is -0.357. The minimum absolute atomic E-state index is 0.0759. The summed E-state index contributed by atoms with van der Waals surface area (Å²) in [5.41, 5.74) is -0.577. The molecule has 5 heteroatoms. The first-order valence-electron chi connectivity index (χ1n) is 10.3. The number of rotatable bonds is 11. The molecule has 0 saturated carbocycles. The highest BCUT2D eigenvalue weighted by atomic mass is 16.3. The zero-order chi connectivity index (χ0) is 20.4. The lowest BCUT2D eigenvalue weighted by atomic mass is 9.85. The predicted molar refractivity (Wildman–Crippen MR) is 110 cm³/mol. The molecular weight excluding hydrogens is 340 g/mol. The molecule has 152 valence electrons. The van der Waals surface area contributed by atoms with E-state index in [2.05, 4.69) is 6.92 Å². The lowest BCUT2D eigenvalue weighted by Crippen LogP contribution is -2.47. The van der Waals surface area contributed by atoms with Crippen molar-refractivity contribution < 1.29 is 14.7 Å². The van der Waals surface area contributed by atoms with Crippen molar-refractivity contribution in [3.8, 4) is 0 Å². The van der Waals surface area contributed by atoms with E-state index in [9.17, 15) is 14.7 Å². The molecule has 0 spiro atoms. The Morgan fingerprint density at radius 3 is 2.04 bits per heavy atom. The highest BCUT2D eigenvalue weighted by Gasteiger charge is 2.40. The van der Waals surface area contributed by atoms with Crippen LogP contribution >= 0.6 is 0 Å². The van der Waals surface area contributed by atoms with Gasteiger partial charge in [-0.2, -0.15) is 0 Å². The Hall–Kier alpha value is -1.88. The maximum Gasteiger partial charge on any atom is 0.259 e. The number of hydrogen-bond acceptors (Lipinski definition) is 3. The number of likely N-dealkylation sites (N-methyl/N-ethyl adjacent to an activating group) is 1. The van der Waals surface area contributed by atoms with Gasteiger partial charge in [0.05, 0.1) is 0 Å². The lowest BCUT2D eigenvalue weighted by Gasteiger charge is -2.33. The van der Waals surface area contributed by atoms with E-state index in [-0.39, 0.29) is 11.8 Å². The number of carbonyl (C=O) groups is 2. The first-order valence-corrected chi connectivity index (χ1v) is 10.3. The minimum atomic E-state index is -1.60. The number of hydrogen-bond donors (Lipinski definition) is 1. The van der Waals surface area contributed by atoms with Gasteiger partial charge in [0, 0.05) is 31.7 Å². The van der Waals surface area contributed by atoms with Gasteiger partial charge in [-0.05, 0) is 58.2 Å². The second kappa shape index (κ2) is 11.1. The standard InChI is InChI=1S/C22H36N2O3/c1-6-11-12-16-22(27,21(26)24(9-4)10-5)19-15-13-14-18(17-19)20(25)23(7-2)8-3/h13-15,17,27H,6-12,16H2,1-5H3. The average Bonchev–Trinajstić information content (AvgIpc) is 2.69. The third-order valence-electron chi connectivity index (χ3n) is 5.18. The normalized spacial score (nSPS) is 13.1. The topological polar surface area (TPSA) is 60.9 Å². The molecule has 0 aliphatic carbocycles. The molecule has 1 N–H and O–H groups in total. The highest BCUT2D eigenvalue weighted by Crippen LogP contribution is 2.31. The molecule has 0 aromatic heterocycles. The molecule has 0 heterocycles. The van der Waals surface area contributed by atoms with E-state index >= 15 is 0 Å². The fourth-order valence-electron chi connectivity index (χ4n) is 3.38. The maximum atomic E-state index is 13.1. The Bertz CT molecular complexity index is 609. The van der Waals surface area contributed by atoms with Crippen LogP contribution in [0.2, 0.25) is 0 Å². The SMILES string of the molecule is CCCCCC(O)(C(=O)N(CC)CC)c1cccc(C(=O)N(CC)CC)c1. The van der Waals surface area contributed by atoms with Crippen LogP contribution in [0.4, 0.5) is 0 Å². The molecule has 1 atom stereocenters. The van der Waals surface area contributed by atoms with Crippen molar-refractivity contribution in [3.05, 3.63) is 35.4 Å². The summed E-state index contributed by atoms with van der Waals surface area (Å²) in [6.45, 7) is 12.1. The molecule has 5 nitrogen and oxygen atoms in total. The monoisotopic (exact) mass is 376 g/mol. The van der Waals surface area contributed by atoms with Gasteiger partial charge in [-0.15, -0.1) is 0 Å². The maximum absolute atomic E-state index is 13.1. The van der Waals surface area contributed by atoms with Gasteiger partial charge in [0.2, 0.25) is 0 Å². The number of nitrogens with zero attached hydrogens (tertiary/aromatic N) is 2. The van der Waals surface area contributed by atoms with Gasteiger partial charge in [-0.25, -0.2) is 0 Å². The molecule has 1 unspecified atom stereocenters. The van der Waals surface area contributed by atoms with Crippen molar-refractivity contribution in [1.82, 2.24) is 9.80 Å². The van der Waals surface area contributed by atoms with E-state index in [0.717, 1.165) is 19.3 Å². The fourth-order valence-corrected chi connectivity index (χ4v) is 3.38. The second-order valence-corrected chi connectivity index (χ2v) is 6.85. The van der Waals surface area contributed by atoms with Crippen LogP contribution < -0.4 is 0 Å². The van der Waals surface area contributed by atoms with Crippen LogP contribution in [-0.4, -0.2) is 52.9 Å². The zero-order valence-corrected chi connectivity index (χ0v) is 17.6. The first-order chi connectivity index (χ1) is 12.9. The van der Waals surface area contributed by atoms with E-state index in [1.54, 1.807) is 34.1 Å². The third-order valence-corrected chi connectivity index (χ3v) is 5.18. The minimum Gasteiger partial charge on any atom is -0.375 e. The van der Waals surface area contributed by atoms with Gasteiger partial charge in [0.1, 0.15) is 0 Å². The van der Waals surface area contributed by atoms with Crippen LogP contribution in [-0.2, 0) is 10.4 Å². The van der Waals surface area contributed by atoms with Crippen molar-refractivity contribution in [2.75, 3.05) is 26.2 Å². The van der Waals surface area contributed by atoms with E-state index in [4.69, 9.17) is 0 Å². The lowest BCUT2D eigenvalue weighted by molar-refractivity contribution is -0.153. The first kappa shape index (κ1) is 23.2. The van der Waals surface area contributed by atoms with Crippen molar-refractivity contribution in [1.29, 1.82) is 0 Å².